The summed E-state index contributed by atoms with van der Waals surface area (Å²) in [6.07, 6.45) is 0.765. The summed E-state index contributed by atoms with van der Waals surface area (Å²) in [5.74, 6) is 0.383. The van der Waals surface area contributed by atoms with E-state index in [4.69, 9.17) is 4.74 Å². The van der Waals surface area contributed by atoms with Gasteiger partial charge in [0.1, 0.15) is 0 Å². The molecule has 1 aliphatic rings. The molecule has 0 aliphatic carbocycles. The Balaban J connectivity index is 2.14. The molecule has 1 amide bonds. The van der Waals surface area contributed by atoms with Gasteiger partial charge in [-0.1, -0.05) is 15.9 Å². The average molecular weight is 327 g/mol. The fourth-order valence-corrected chi connectivity index (χ4v) is 2.77. The molecule has 4 nitrogen and oxygen atoms in total. The predicted octanol–water partition coefficient (Wildman–Crippen LogP) is 2.94. The second-order valence-corrected chi connectivity index (χ2v) is 5.79. The number of carbonyl (C=O) groups excluding carboxylic acids is 1. The van der Waals surface area contributed by atoms with Crippen LogP contribution in [0, 0.1) is 12.8 Å². The minimum atomic E-state index is -0.244. The van der Waals surface area contributed by atoms with Gasteiger partial charge in [-0.15, -0.1) is 0 Å². The van der Waals surface area contributed by atoms with E-state index in [9.17, 15) is 4.79 Å². The van der Waals surface area contributed by atoms with E-state index in [1.54, 1.807) is 4.90 Å². The van der Waals surface area contributed by atoms with Gasteiger partial charge in [0, 0.05) is 16.9 Å². The first-order valence-corrected chi connectivity index (χ1v) is 7.26. The van der Waals surface area contributed by atoms with Crippen LogP contribution in [0.15, 0.2) is 22.7 Å². The van der Waals surface area contributed by atoms with Crippen LogP contribution in [0.2, 0.25) is 0 Å². The third kappa shape index (κ3) is 3.48. The Morgan fingerprint density at radius 2 is 2.32 bits per heavy atom. The maximum atomic E-state index is 11.9. The Hall–Kier alpha value is -1.07. The van der Waals surface area contributed by atoms with Gasteiger partial charge in [0.25, 0.3) is 0 Å². The first-order valence-electron chi connectivity index (χ1n) is 6.47. The monoisotopic (exact) mass is 326 g/mol. The van der Waals surface area contributed by atoms with Crippen LogP contribution >= 0.6 is 15.9 Å². The first-order chi connectivity index (χ1) is 9.11. The van der Waals surface area contributed by atoms with Crippen molar-refractivity contribution in [1.29, 1.82) is 0 Å². The lowest BCUT2D eigenvalue weighted by molar-refractivity contribution is 0.112. The maximum Gasteiger partial charge on any atom is 0.414 e. The number of hydrogen-bond acceptors (Lipinski definition) is 3. The number of rotatable bonds is 4. The smallest absolute Gasteiger partial charge is 0.414 e. The van der Waals surface area contributed by atoms with Crippen LogP contribution in [0.3, 0.4) is 0 Å². The van der Waals surface area contributed by atoms with Crippen LogP contribution in [0.1, 0.15) is 12.0 Å². The lowest BCUT2D eigenvalue weighted by atomic mass is 10.0. The zero-order valence-corrected chi connectivity index (χ0v) is 12.9. The Morgan fingerprint density at radius 1 is 1.53 bits per heavy atom. The molecule has 0 radical (unpaired) electrons. The van der Waals surface area contributed by atoms with Crippen molar-refractivity contribution in [2.45, 2.75) is 13.3 Å². The lowest BCUT2D eigenvalue weighted by Gasteiger charge is -2.33. The second-order valence-electron chi connectivity index (χ2n) is 4.88. The molecule has 1 aliphatic heterocycles. The number of aryl methyl sites for hydroxylation is 1. The quantitative estimate of drug-likeness (QED) is 0.924. The van der Waals surface area contributed by atoms with Crippen molar-refractivity contribution in [1.82, 2.24) is 5.32 Å². The Labute approximate surface area is 122 Å². The van der Waals surface area contributed by atoms with Gasteiger partial charge in [-0.3, -0.25) is 4.90 Å². The molecule has 1 unspecified atom stereocenters. The van der Waals surface area contributed by atoms with Crippen molar-refractivity contribution in [2.75, 3.05) is 31.6 Å². The van der Waals surface area contributed by atoms with Crippen LogP contribution in [0.4, 0.5) is 10.5 Å². The maximum absolute atomic E-state index is 11.9. The van der Waals surface area contributed by atoms with Crippen molar-refractivity contribution >= 4 is 27.7 Å². The van der Waals surface area contributed by atoms with Crippen LogP contribution in [0.5, 0.6) is 0 Å². The Bertz CT molecular complexity index is 465. The number of cyclic esters (lactones) is 1. The van der Waals surface area contributed by atoms with E-state index in [1.807, 2.05) is 32.2 Å². The van der Waals surface area contributed by atoms with Gasteiger partial charge >= 0.3 is 6.09 Å². The highest BCUT2D eigenvalue weighted by Crippen LogP contribution is 2.27. The first kappa shape index (κ1) is 14.3. The van der Waals surface area contributed by atoms with E-state index in [0.717, 1.165) is 35.2 Å². The van der Waals surface area contributed by atoms with Crippen molar-refractivity contribution in [2.24, 2.45) is 5.92 Å². The van der Waals surface area contributed by atoms with Gasteiger partial charge in [-0.2, -0.15) is 0 Å². The number of nitrogens with one attached hydrogen (secondary N) is 1. The number of hydrogen-bond donors (Lipinski definition) is 1. The molecule has 1 heterocycles. The average Bonchev–Trinajstić information content (AvgIpc) is 2.38. The number of carbonyl (C=O) groups is 1. The molecular formula is C14H19BrN2O2. The minimum Gasteiger partial charge on any atom is -0.449 e. The van der Waals surface area contributed by atoms with Crippen molar-refractivity contribution in [3.63, 3.8) is 0 Å². The topological polar surface area (TPSA) is 41.6 Å². The highest BCUT2D eigenvalue weighted by molar-refractivity contribution is 9.10. The van der Waals surface area contributed by atoms with Gasteiger partial charge in [-0.05, 0) is 50.7 Å². The van der Waals surface area contributed by atoms with Gasteiger partial charge < -0.3 is 10.1 Å². The Morgan fingerprint density at radius 3 is 3.00 bits per heavy atom. The van der Waals surface area contributed by atoms with Crippen molar-refractivity contribution in [3.8, 4) is 0 Å². The summed E-state index contributed by atoms with van der Waals surface area (Å²) < 4.78 is 6.31. The van der Waals surface area contributed by atoms with E-state index in [2.05, 4.69) is 21.2 Å². The standard InChI is InChI=1S/C14H19BrN2O2/c1-10-7-12(15)3-4-13(10)17-8-11(5-6-16-2)9-19-14(17)18/h3-4,7,11,16H,5-6,8-9H2,1-2H3. The van der Waals surface area contributed by atoms with Gasteiger partial charge in [-0.25, -0.2) is 4.79 Å². The van der Waals surface area contributed by atoms with E-state index in [1.165, 1.54) is 0 Å². The molecule has 1 saturated heterocycles. The highest BCUT2D eigenvalue weighted by Gasteiger charge is 2.28. The van der Waals surface area contributed by atoms with Crippen molar-refractivity contribution < 1.29 is 9.53 Å². The van der Waals surface area contributed by atoms with Crippen LogP contribution in [0.25, 0.3) is 0 Å². The normalized spacial score (nSPS) is 19.4. The number of anilines is 1. The van der Waals surface area contributed by atoms with E-state index in [0.29, 0.717) is 12.5 Å². The molecule has 1 aromatic carbocycles. The number of nitrogens with zero attached hydrogens (tertiary/aromatic N) is 1. The number of benzene rings is 1. The zero-order valence-electron chi connectivity index (χ0n) is 11.3. The van der Waals surface area contributed by atoms with Gasteiger partial charge in [0.05, 0.1) is 12.3 Å². The lowest BCUT2D eigenvalue weighted by Crippen LogP contribution is -2.44. The summed E-state index contributed by atoms with van der Waals surface area (Å²) in [4.78, 5) is 13.7. The third-order valence-corrected chi connectivity index (χ3v) is 3.85. The number of ether oxygens (including phenoxy) is 1. The summed E-state index contributed by atoms with van der Waals surface area (Å²) in [5.41, 5.74) is 2.00. The Kier molecular flexibility index (Phi) is 4.82. The molecule has 1 N–H and O–H groups in total. The molecule has 104 valence electrons. The predicted molar refractivity (Wildman–Crippen MR) is 79.6 cm³/mol. The third-order valence-electron chi connectivity index (χ3n) is 3.36. The molecule has 1 atom stereocenters. The van der Waals surface area contributed by atoms with Gasteiger partial charge in [0.2, 0.25) is 0 Å². The van der Waals surface area contributed by atoms with Crippen molar-refractivity contribution in [3.05, 3.63) is 28.2 Å². The SMILES string of the molecule is CNCCC1COC(=O)N(c2ccc(Br)cc2C)C1. The number of amides is 1. The summed E-state index contributed by atoms with van der Waals surface area (Å²) in [7, 11) is 1.94. The fourth-order valence-electron chi connectivity index (χ4n) is 2.29. The van der Waals surface area contributed by atoms with E-state index >= 15 is 0 Å². The molecule has 0 saturated carbocycles. The molecule has 5 heteroatoms. The molecular weight excluding hydrogens is 308 g/mol. The summed E-state index contributed by atoms with van der Waals surface area (Å²) in [6.45, 7) is 4.19. The van der Waals surface area contributed by atoms with E-state index < -0.39 is 0 Å². The zero-order chi connectivity index (χ0) is 13.8. The molecule has 19 heavy (non-hydrogen) atoms. The fraction of sp³-hybridized carbons (Fsp3) is 0.500. The number of halogens is 1. The largest absolute Gasteiger partial charge is 0.449 e. The van der Waals surface area contributed by atoms with Crippen LogP contribution in [-0.4, -0.2) is 32.8 Å². The van der Waals surface area contributed by atoms with Crippen LogP contribution in [-0.2, 0) is 4.74 Å². The highest BCUT2D eigenvalue weighted by atomic mass is 79.9. The molecule has 0 spiro atoms. The van der Waals surface area contributed by atoms with E-state index in [-0.39, 0.29) is 6.09 Å². The minimum absolute atomic E-state index is 0.244. The molecule has 1 fully saturated rings. The molecule has 0 bridgehead atoms. The summed E-state index contributed by atoms with van der Waals surface area (Å²) in [6, 6.07) is 5.92. The summed E-state index contributed by atoms with van der Waals surface area (Å²) in [5, 5.41) is 3.13. The van der Waals surface area contributed by atoms with Gasteiger partial charge in [0.15, 0.2) is 0 Å². The molecule has 2 rings (SSSR count). The summed E-state index contributed by atoms with van der Waals surface area (Å²) >= 11 is 3.44. The van der Waals surface area contributed by atoms with Crippen LogP contribution < -0.4 is 10.2 Å². The molecule has 0 aromatic heterocycles. The second kappa shape index (κ2) is 6.39. The molecule has 1 aromatic rings.